The molecular weight excluding hydrogens is 295 g/mol. The predicted octanol–water partition coefficient (Wildman–Crippen LogP) is 3.09. The molecule has 2 heterocycles. The molecule has 1 aromatic heterocycles. The van der Waals surface area contributed by atoms with Crippen molar-refractivity contribution in [3.63, 3.8) is 0 Å². The number of nitrogens with zero attached hydrogens (tertiary/aromatic N) is 2. The van der Waals surface area contributed by atoms with E-state index in [0.29, 0.717) is 16.1 Å². The Balaban J connectivity index is 1.59. The number of imidazole rings is 1. The average molecular weight is 311 g/mol. The number of benzene rings is 1. The van der Waals surface area contributed by atoms with Gasteiger partial charge in [0.2, 0.25) is 0 Å². The lowest BCUT2D eigenvalue weighted by Gasteiger charge is -2.20. The van der Waals surface area contributed by atoms with Crippen molar-refractivity contribution >= 4 is 28.9 Å². The quantitative estimate of drug-likeness (QED) is 0.912. The van der Waals surface area contributed by atoms with Crippen molar-refractivity contribution in [1.29, 1.82) is 0 Å². The first kappa shape index (κ1) is 13.7. The van der Waals surface area contributed by atoms with Gasteiger partial charge < -0.3 is 15.2 Å². The van der Waals surface area contributed by atoms with Crippen LogP contribution in [0.4, 0.5) is 5.69 Å². The maximum absolute atomic E-state index is 6.25. The minimum absolute atomic E-state index is 0.451. The summed E-state index contributed by atoms with van der Waals surface area (Å²) in [6.07, 6.45) is 4.70. The first-order chi connectivity index (χ1) is 9.72. The predicted molar refractivity (Wildman–Crippen MR) is 82.5 cm³/mol. The Kier molecular flexibility index (Phi) is 4.15. The van der Waals surface area contributed by atoms with Gasteiger partial charge in [-0.25, -0.2) is 4.98 Å². The highest BCUT2D eigenvalue weighted by Crippen LogP contribution is 2.31. The maximum Gasteiger partial charge on any atom is 0.120 e. The minimum Gasteiger partial charge on any atom is -0.369 e. The van der Waals surface area contributed by atoms with Gasteiger partial charge in [-0.15, -0.1) is 0 Å². The summed E-state index contributed by atoms with van der Waals surface area (Å²) in [5.74, 6) is 0.966. The second-order valence-electron chi connectivity index (χ2n) is 4.94. The zero-order valence-electron chi connectivity index (χ0n) is 10.9. The highest BCUT2D eigenvalue weighted by Gasteiger charge is 2.23. The molecule has 1 unspecified atom stereocenters. The molecule has 6 heteroatoms. The van der Waals surface area contributed by atoms with E-state index in [-0.39, 0.29) is 0 Å². The molecule has 0 amide bonds. The van der Waals surface area contributed by atoms with Crippen LogP contribution in [0, 0.1) is 0 Å². The number of hydrogen-bond acceptors (Lipinski definition) is 3. The van der Waals surface area contributed by atoms with Crippen molar-refractivity contribution in [1.82, 2.24) is 15.3 Å². The Labute approximate surface area is 128 Å². The van der Waals surface area contributed by atoms with Crippen LogP contribution in [0.1, 0.15) is 12.2 Å². The van der Waals surface area contributed by atoms with Crippen LogP contribution in [0.25, 0.3) is 0 Å². The van der Waals surface area contributed by atoms with Crippen LogP contribution >= 0.6 is 23.2 Å². The first-order valence-electron chi connectivity index (χ1n) is 6.64. The molecule has 1 atom stereocenters. The number of hydrogen-bond donors (Lipinski definition) is 2. The molecule has 0 saturated carbocycles. The Morgan fingerprint density at radius 3 is 3.05 bits per heavy atom. The summed E-state index contributed by atoms with van der Waals surface area (Å²) >= 11 is 12.2. The molecule has 0 spiro atoms. The Morgan fingerprint density at radius 2 is 2.30 bits per heavy atom. The first-order valence-corrected chi connectivity index (χ1v) is 7.39. The molecule has 0 bridgehead atoms. The van der Waals surface area contributed by atoms with Gasteiger partial charge in [-0.05, 0) is 24.6 Å². The zero-order valence-corrected chi connectivity index (χ0v) is 12.5. The summed E-state index contributed by atoms with van der Waals surface area (Å²) in [4.78, 5) is 9.60. The van der Waals surface area contributed by atoms with Gasteiger partial charge in [-0.3, -0.25) is 0 Å². The fourth-order valence-electron chi connectivity index (χ4n) is 2.52. The Bertz CT molecular complexity index is 571. The Morgan fingerprint density at radius 1 is 1.40 bits per heavy atom. The smallest absolute Gasteiger partial charge is 0.120 e. The van der Waals surface area contributed by atoms with Crippen LogP contribution in [-0.4, -0.2) is 29.1 Å². The monoisotopic (exact) mass is 310 g/mol. The van der Waals surface area contributed by atoms with Gasteiger partial charge >= 0.3 is 0 Å². The third-order valence-electron chi connectivity index (χ3n) is 3.55. The van der Waals surface area contributed by atoms with Gasteiger partial charge in [-0.2, -0.15) is 0 Å². The lowest BCUT2D eigenvalue weighted by molar-refractivity contribution is 0.541. The summed E-state index contributed by atoms with van der Waals surface area (Å²) in [6, 6.07) is 6.11. The van der Waals surface area contributed by atoms with E-state index in [1.165, 1.54) is 0 Å². The van der Waals surface area contributed by atoms with E-state index >= 15 is 0 Å². The van der Waals surface area contributed by atoms with E-state index in [0.717, 1.165) is 37.6 Å². The number of halogens is 2. The fraction of sp³-hybridized carbons (Fsp3) is 0.357. The van der Waals surface area contributed by atoms with Crippen molar-refractivity contribution in [2.45, 2.75) is 19.0 Å². The third kappa shape index (κ3) is 3.08. The molecule has 1 fully saturated rings. The fourth-order valence-corrected chi connectivity index (χ4v) is 3.05. The zero-order chi connectivity index (χ0) is 13.9. The van der Waals surface area contributed by atoms with E-state index in [1.54, 1.807) is 12.3 Å². The van der Waals surface area contributed by atoms with Crippen LogP contribution in [0.15, 0.2) is 30.6 Å². The molecule has 4 nitrogen and oxygen atoms in total. The van der Waals surface area contributed by atoms with Crippen LogP contribution < -0.4 is 10.2 Å². The van der Waals surface area contributed by atoms with Gasteiger partial charge in [0, 0.05) is 36.5 Å². The van der Waals surface area contributed by atoms with Crippen molar-refractivity contribution in [3.05, 3.63) is 46.5 Å². The molecule has 1 saturated heterocycles. The number of nitrogens with one attached hydrogen (secondary N) is 2. The normalized spacial score (nSPS) is 18.7. The van der Waals surface area contributed by atoms with Gasteiger partial charge in [0.15, 0.2) is 0 Å². The molecule has 1 aliphatic rings. The number of rotatable bonds is 4. The van der Waals surface area contributed by atoms with Crippen molar-refractivity contribution in [2.75, 3.05) is 18.0 Å². The van der Waals surface area contributed by atoms with Crippen LogP contribution in [0.3, 0.4) is 0 Å². The van der Waals surface area contributed by atoms with Gasteiger partial charge in [0.05, 0.1) is 17.3 Å². The Hall–Kier alpha value is -1.23. The molecule has 2 N–H and O–H groups in total. The van der Waals surface area contributed by atoms with Crippen molar-refractivity contribution < 1.29 is 0 Å². The highest BCUT2D eigenvalue weighted by molar-refractivity contribution is 6.36. The summed E-state index contributed by atoms with van der Waals surface area (Å²) in [5.41, 5.74) is 1.05. The SMILES string of the molecule is Clc1ccc(N2CCC(NCc3ncc[nH]3)C2)c(Cl)c1. The van der Waals surface area contributed by atoms with Crippen molar-refractivity contribution in [2.24, 2.45) is 0 Å². The highest BCUT2D eigenvalue weighted by atomic mass is 35.5. The number of aromatic amines is 1. The largest absolute Gasteiger partial charge is 0.369 e. The molecule has 3 rings (SSSR count). The molecule has 0 aliphatic carbocycles. The van der Waals surface area contributed by atoms with E-state index in [1.807, 2.05) is 18.3 Å². The van der Waals surface area contributed by atoms with Crippen LogP contribution in [-0.2, 0) is 6.54 Å². The second kappa shape index (κ2) is 6.04. The van der Waals surface area contributed by atoms with Gasteiger partial charge in [-0.1, -0.05) is 23.2 Å². The van der Waals surface area contributed by atoms with E-state index in [4.69, 9.17) is 23.2 Å². The molecule has 1 aromatic carbocycles. The van der Waals surface area contributed by atoms with Gasteiger partial charge in [0.1, 0.15) is 5.82 Å². The van der Waals surface area contributed by atoms with Crippen molar-refractivity contribution in [3.8, 4) is 0 Å². The third-order valence-corrected chi connectivity index (χ3v) is 4.09. The maximum atomic E-state index is 6.25. The molecular formula is C14H16Cl2N4. The molecule has 2 aromatic rings. The number of H-pyrrole nitrogens is 1. The summed E-state index contributed by atoms with van der Waals surface area (Å²) in [5, 5.41) is 4.89. The topological polar surface area (TPSA) is 44.0 Å². The standard InChI is InChI=1S/C14H16Cl2N4/c15-10-1-2-13(12(16)7-10)20-6-3-11(9-20)19-8-14-17-4-5-18-14/h1-2,4-5,7,11,19H,3,6,8-9H2,(H,17,18). The summed E-state index contributed by atoms with van der Waals surface area (Å²) in [6.45, 7) is 2.71. The van der Waals surface area contributed by atoms with Crippen LogP contribution in [0.5, 0.6) is 0 Å². The molecule has 20 heavy (non-hydrogen) atoms. The summed E-state index contributed by atoms with van der Waals surface area (Å²) < 4.78 is 0. The van der Waals surface area contributed by atoms with Crippen LogP contribution in [0.2, 0.25) is 10.0 Å². The van der Waals surface area contributed by atoms with E-state index in [2.05, 4.69) is 20.2 Å². The number of anilines is 1. The summed E-state index contributed by atoms with van der Waals surface area (Å²) in [7, 11) is 0. The lowest BCUT2D eigenvalue weighted by Crippen LogP contribution is -2.32. The molecule has 106 valence electrons. The minimum atomic E-state index is 0.451. The average Bonchev–Trinajstić information content (AvgIpc) is 3.07. The molecule has 0 radical (unpaired) electrons. The molecule has 1 aliphatic heterocycles. The number of aromatic nitrogens is 2. The van der Waals surface area contributed by atoms with E-state index < -0.39 is 0 Å². The lowest BCUT2D eigenvalue weighted by atomic mass is 10.2. The second-order valence-corrected chi connectivity index (χ2v) is 5.79. The van der Waals surface area contributed by atoms with Gasteiger partial charge in [0.25, 0.3) is 0 Å². The van der Waals surface area contributed by atoms with E-state index in [9.17, 15) is 0 Å².